The molecule has 23 heavy (non-hydrogen) atoms. The second-order valence-corrected chi connectivity index (χ2v) is 7.02. The Labute approximate surface area is 137 Å². The highest BCUT2D eigenvalue weighted by molar-refractivity contribution is 7.99. The van der Waals surface area contributed by atoms with Crippen molar-refractivity contribution in [1.29, 1.82) is 0 Å². The van der Waals surface area contributed by atoms with Gasteiger partial charge in [0, 0.05) is 5.56 Å². The molecule has 118 valence electrons. The fourth-order valence-electron chi connectivity index (χ4n) is 2.23. The van der Waals surface area contributed by atoms with Crippen molar-refractivity contribution in [2.24, 2.45) is 0 Å². The Hall–Kier alpha value is -2.22. The van der Waals surface area contributed by atoms with Gasteiger partial charge in [-0.1, -0.05) is 29.5 Å². The monoisotopic (exact) mass is 328 g/mol. The second-order valence-electron chi connectivity index (χ2n) is 5.71. The molecule has 4 rings (SSSR count). The van der Waals surface area contributed by atoms with Crippen molar-refractivity contribution < 1.29 is 4.42 Å². The van der Waals surface area contributed by atoms with Crippen molar-refractivity contribution in [1.82, 2.24) is 30.4 Å². The summed E-state index contributed by atoms with van der Waals surface area (Å²) in [6.45, 7) is 4.06. The molecule has 1 saturated carbocycles. The molecule has 0 bridgehead atoms. The fourth-order valence-corrected chi connectivity index (χ4v) is 3.12. The molecule has 7 nitrogen and oxygen atoms in total. The molecule has 1 aromatic carbocycles. The van der Waals surface area contributed by atoms with E-state index in [-0.39, 0.29) is 5.25 Å². The Morgan fingerprint density at radius 2 is 1.96 bits per heavy atom. The van der Waals surface area contributed by atoms with Crippen molar-refractivity contribution >= 4 is 11.8 Å². The van der Waals surface area contributed by atoms with E-state index in [2.05, 4.69) is 25.7 Å². The number of hydrogen-bond donors (Lipinski definition) is 0. The Kier molecular flexibility index (Phi) is 3.60. The maximum absolute atomic E-state index is 5.82. The molecule has 0 spiro atoms. The van der Waals surface area contributed by atoms with Gasteiger partial charge in [0.1, 0.15) is 0 Å². The van der Waals surface area contributed by atoms with Gasteiger partial charge < -0.3 is 4.42 Å². The van der Waals surface area contributed by atoms with Crippen molar-refractivity contribution in [3.8, 4) is 11.5 Å². The van der Waals surface area contributed by atoms with Crippen LogP contribution in [0.1, 0.15) is 42.5 Å². The van der Waals surface area contributed by atoms with Crippen LogP contribution >= 0.6 is 11.8 Å². The van der Waals surface area contributed by atoms with Gasteiger partial charge in [0.05, 0.1) is 11.3 Å². The van der Waals surface area contributed by atoms with Gasteiger partial charge in [-0.2, -0.15) is 0 Å². The highest BCUT2D eigenvalue weighted by atomic mass is 32.2. The maximum Gasteiger partial charge on any atom is 0.247 e. The van der Waals surface area contributed by atoms with Gasteiger partial charge in [0.15, 0.2) is 0 Å². The number of aryl methyl sites for hydroxylation is 1. The summed E-state index contributed by atoms with van der Waals surface area (Å²) in [6.07, 6.45) is 2.29. The van der Waals surface area contributed by atoms with Gasteiger partial charge in [-0.15, -0.1) is 15.3 Å². The molecule has 0 radical (unpaired) electrons. The van der Waals surface area contributed by atoms with E-state index in [4.69, 9.17) is 4.42 Å². The molecular weight excluding hydrogens is 312 g/mol. The summed E-state index contributed by atoms with van der Waals surface area (Å²) >= 11 is 1.54. The number of benzene rings is 1. The number of rotatable bonds is 5. The quantitative estimate of drug-likeness (QED) is 0.665. The van der Waals surface area contributed by atoms with Gasteiger partial charge in [-0.25, -0.2) is 4.68 Å². The molecule has 1 fully saturated rings. The zero-order valence-corrected chi connectivity index (χ0v) is 13.7. The minimum absolute atomic E-state index is 0.00908. The first-order valence-corrected chi connectivity index (χ1v) is 8.43. The summed E-state index contributed by atoms with van der Waals surface area (Å²) < 4.78 is 7.70. The summed E-state index contributed by atoms with van der Waals surface area (Å²) in [7, 11) is 0. The lowest BCUT2D eigenvalue weighted by molar-refractivity contribution is 0.507. The minimum atomic E-state index is -0.00908. The van der Waals surface area contributed by atoms with E-state index >= 15 is 0 Å². The Morgan fingerprint density at radius 1 is 1.17 bits per heavy atom. The lowest BCUT2D eigenvalue weighted by Crippen LogP contribution is -2.00. The van der Waals surface area contributed by atoms with Crippen molar-refractivity contribution in [3.63, 3.8) is 0 Å². The number of thioether (sulfide) groups is 1. The third-order valence-corrected chi connectivity index (χ3v) is 4.76. The largest absolute Gasteiger partial charge is 0.419 e. The van der Waals surface area contributed by atoms with E-state index in [1.54, 1.807) is 0 Å². The van der Waals surface area contributed by atoms with Crippen LogP contribution in [0.4, 0.5) is 0 Å². The van der Waals surface area contributed by atoms with Gasteiger partial charge in [-0.05, 0) is 49.2 Å². The molecule has 0 amide bonds. The minimum Gasteiger partial charge on any atom is -0.419 e. The smallest absolute Gasteiger partial charge is 0.247 e. The zero-order chi connectivity index (χ0) is 15.8. The van der Waals surface area contributed by atoms with Gasteiger partial charge in [-0.3, -0.25) is 0 Å². The zero-order valence-electron chi connectivity index (χ0n) is 12.9. The third kappa shape index (κ3) is 2.98. The molecule has 1 aliphatic rings. The first-order chi connectivity index (χ1) is 11.2. The van der Waals surface area contributed by atoms with E-state index in [0.717, 1.165) is 23.6 Å². The number of tetrazole rings is 1. The van der Waals surface area contributed by atoms with Gasteiger partial charge >= 0.3 is 0 Å². The molecule has 0 unspecified atom stereocenters. The van der Waals surface area contributed by atoms with Crippen LogP contribution in [0.2, 0.25) is 0 Å². The molecular formula is C15H16N6OS. The lowest BCUT2D eigenvalue weighted by atomic mass is 10.1. The molecule has 0 saturated heterocycles. The lowest BCUT2D eigenvalue weighted by Gasteiger charge is -2.06. The summed E-state index contributed by atoms with van der Waals surface area (Å²) in [4.78, 5) is 0. The predicted molar refractivity (Wildman–Crippen MR) is 84.8 cm³/mol. The van der Waals surface area contributed by atoms with E-state index in [1.807, 2.05) is 42.8 Å². The van der Waals surface area contributed by atoms with Crippen LogP contribution in [0.5, 0.6) is 0 Å². The number of aromatic nitrogens is 6. The standard InChI is InChI=1S/C15H16N6OS/c1-9-3-5-11(6-4-9)14-17-16-13(22-14)10(2)23-15-18-19-20-21(15)12-7-8-12/h3-6,10,12H,7-8H2,1-2H3/t10-/m0/s1. The molecule has 1 aliphatic carbocycles. The van der Waals surface area contributed by atoms with Crippen LogP contribution in [0.25, 0.3) is 11.5 Å². The van der Waals surface area contributed by atoms with E-state index in [9.17, 15) is 0 Å². The average molecular weight is 328 g/mol. The summed E-state index contributed by atoms with van der Waals surface area (Å²) in [6, 6.07) is 8.48. The molecule has 8 heteroatoms. The first kappa shape index (κ1) is 14.4. The number of nitrogens with zero attached hydrogens (tertiary/aromatic N) is 6. The van der Waals surface area contributed by atoms with E-state index < -0.39 is 0 Å². The Morgan fingerprint density at radius 3 is 2.70 bits per heavy atom. The van der Waals surface area contributed by atoms with Crippen LogP contribution in [-0.4, -0.2) is 30.4 Å². The van der Waals surface area contributed by atoms with Gasteiger partial charge in [0.25, 0.3) is 0 Å². The molecule has 3 aromatic rings. The van der Waals surface area contributed by atoms with Crippen LogP contribution in [0.15, 0.2) is 33.8 Å². The Bertz CT molecular complexity index is 807. The van der Waals surface area contributed by atoms with Crippen LogP contribution in [0, 0.1) is 6.92 Å². The number of hydrogen-bond acceptors (Lipinski definition) is 7. The maximum atomic E-state index is 5.82. The van der Waals surface area contributed by atoms with E-state index in [1.165, 1.54) is 17.3 Å². The van der Waals surface area contributed by atoms with Crippen LogP contribution in [-0.2, 0) is 0 Å². The van der Waals surface area contributed by atoms with Crippen molar-refractivity contribution in [3.05, 3.63) is 35.7 Å². The topological polar surface area (TPSA) is 82.5 Å². The molecule has 2 heterocycles. The fraction of sp³-hybridized carbons (Fsp3) is 0.400. The highest BCUT2D eigenvalue weighted by Gasteiger charge is 2.29. The predicted octanol–water partition coefficient (Wildman–Crippen LogP) is 3.22. The Balaban J connectivity index is 1.51. The van der Waals surface area contributed by atoms with Crippen molar-refractivity contribution in [2.75, 3.05) is 0 Å². The van der Waals surface area contributed by atoms with Crippen LogP contribution < -0.4 is 0 Å². The van der Waals surface area contributed by atoms with E-state index in [0.29, 0.717) is 17.8 Å². The van der Waals surface area contributed by atoms with Crippen LogP contribution in [0.3, 0.4) is 0 Å². The summed E-state index contributed by atoms with van der Waals surface area (Å²) in [5.74, 6) is 1.12. The molecule has 1 atom stereocenters. The first-order valence-electron chi connectivity index (χ1n) is 7.55. The average Bonchev–Trinajstić information content (AvgIpc) is 3.09. The molecule has 0 aliphatic heterocycles. The normalized spacial score (nSPS) is 15.7. The summed E-state index contributed by atoms with van der Waals surface area (Å²) in [5.41, 5.74) is 2.12. The SMILES string of the molecule is Cc1ccc(-c2nnc([C@H](C)Sc3nnnn3C3CC3)o2)cc1. The second kappa shape index (κ2) is 5.77. The van der Waals surface area contributed by atoms with Gasteiger partial charge in [0.2, 0.25) is 16.9 Å². The molecule has 0 N–H and O–H groups in total. The van der Waals surface area contributed by atoms with Crippen molar-refractivity contribution in [2.45, 2.75) is 43.1 Å². The summed E-state index contributed by atoms with van der Waals surface area (Å²) in [5, 5.41) is 21.0. The molecule has 2 aromatic heterocycles. The highest BCUT2D eigenvalue weighted by Crippen LogP contribution is 2.40. The third-order valence-electron chi connectivity index (χ3n) is 3.72.